The van der Waals surface area contributed by atoms with Gasteiger partial charge in [-0.15, -0.1) is 0 Å². The lowest BCUT2D eigenvalue weighted by Gasteiger charge is -2.15. The minimum Gasteiger partial charge on any atom is -0.362 e. The summed E-state index contributed by atoms with van der Waals surface area (Å²) in [7, 11) is 2.17. The molecule has 1 aromatic rings. The van der Waals surface area contributed by atoms with E-state index in [0.717, 1.165) is 37.0 Å². The number of hydrogen-bond acceptors (Lipinski definition) is 3. The second kappa shape index (κ2) is 7.56. The van der Waals surface area contributed by atoms with Crippen LogP contribution < -0.4 is 5.32 Å². The van der Waals surface area contributed by atoms with Crippen LogP contribution in [0.25, 0.3) is 0 Å². The molecule has 1 aromatic carbocycles. The monoisotopic (exact) mass is 277 g/mol. The van der Waals surface area contributed by atoms with Gasteiger partial charge in [-0.1, -0.05) is 42.1 Å². The summed E-state index contributed by atoms with van der Waals surface area (Å²) in [5.41, 5.74) is 1.37. The molecule has 1 aliphatic rings. The summed E-state index contributed by atoms with van der Waals surface area (Å²) in [6.45, 7) is 5.22. The molecule has 1 aliphatic heterocycles. The Morgan fingerprint density at radius 1 is 1.37 bits per heavy atom. The van der Waals surface area contributed by atoms with E-state index in [4.69, 9.17) is 0 Å². The summed E-state index contributed by atoms with van der Waals surface area (Å²) in [4.78, 5) is 6.95. The maximum atomic E-state index is 4.59. The highest BCUT2D eigenvalue weighted by molar-refractivity contribution is 8.14. The van der Waals surface area contributed by atoms with Crippen molar-refractivity contribution in [2.75, 3.05) is 25.9 Å². The van der Waals surface area contributed by atoms with E-state index in [9.17, 15) is 0 Å². The van der Waals surface area contributed by atoms with Crippen LogP contribution in [0.4, 0.5) is 0 Å². The van der Waals surface area contributed by atoms with Gasteiger partial charge in [-0.2, -0.15) is 0 Å². The van der Waals surface area contributed by atoms with Crippen molar-refractivity contribution in [1.82, 2.24) is 10.2 Å². The third-order valence-corrected chi connectivity index (χ3v) is 4.28. The standard InChI is InChI=1S/C15H23N3S/c1-13-12-19-15(17-13)16-9-6-10-18(2)11-14-7-4-3-5-8-14/h3-5,7-8,13H,6,9-12H2,1-2H3,(H,16,17). The van der Waals surface area contributed by atoms with Crippen LogP contribution in [0, 0.1) is 0 Å². The van der Waals surface area contributed by atoms with Crippen molar-refractivity contribution in [3.05, 3.63) is 35.9 Å². The highest BCUT2D eigenvalue weighted by Crippen LogP contribution is 2.12. The number of aliphatic imine (C=N–C) groups is 1. The van der Waals surface area contributed by atoms with E-state index in [2.05, 4.69) is 59.5 Å². The normalized spacial score (nSPS) is 21.0. The SMILES string of the molecule is CC1CSC(=NCCCN(C)Cc2ccccc2)N1. The van der Waals surface area contributed by atoms with Gasteiger partial charge < -0.3 is 10.2 Å². The summed E-state index contributed by atoms with van der Waals surface area (Å²) in [6.07, 6.45) is 1.11. The van der Waals surface area contributed by atoms with Gasteiger partial charge in [0.2, 0.25) is 0 Å². The Labute approximate surface area is 120 Å². The molecular weight excluding hydrogens is 254 g/mol. The van der Waals surface area contributed by atoms with Crippen molar-refractivity contribution in [2.45, 2.75) is 25.9 Å². The van der Waals surface area contributed by atoms with Crippen LogP contribution >= 0.6 is 11.8 Å². The van der Waals surface area contributed by atoms with Crippen molar-refractivity contribution in [2.24, 2.45) is 4.99 Å². The average molecular weight is 277 g/mol. The molecule has 4 heteroatoms. The minimum absolute atomic E-state index is 0.574. The van der Waals surface area contributed by atoms with Gasteiger partial charge in [0.15, 0.2) is 5.17 Å². The molecule has 1 atom stereocenters. The minimum atomic E-state index is 0.574. The van der Waals surface area contributed by atoms with Gasteiger partial charge in [-0.05, 0) is 32.5 Å². The molecule has 1 unspecified atom stereocenters. The molecule has 0 aliphatic carbocycles. The van der Waals surface area contributed by atoms with Crippen molar-refractivity contribution in [3.8, 4) is 0 Å². The lowest BCUT2D eigenvalue weighted by Crippen LogP contribution is -2.23. The molecule has 104 valence electrons. The topological polar surface area (TPSA) is 27.6 Å². The predicted octanol–water partition coefficient (Wildman–Crippen LogP) is 2.59. The highest BCUT2D eigenvalue weighted by Gasteiger charge is 2.14. The molecular formula is C15H23N3S. The first kappa shape index (κ1) is 14.4. The Hall–Kier alpha value is -1.00. The quantitative estimate of drug-likeness (QED) is 0.810. The first-order valence-electron chi connectivity index (χ1n) is 6.90. The van der Waals surface area contributed by atoms with E-state index in [0.29, 0.717) is 6.04 Å². The second-order valence-electron chi connectivity index (χ2n) is 5.12. The number of benzene rings is 1. The van der Waals surface area contributed by atoms with Crippen molar-refractivity contribution in [1.29, 1.82) is 0 Å². The number of rotatable bonds is 6. The molecule has 0 aromatic heterocycles. The Balaban J connectivity index is 1.63. The fourth-order valence-electron chi connectivity index (χ4n) is 2.08. The molecule has 3 nitrogen and oxygen atoms in total. The van der Waals surface area contributed by atoms with Gasteiger partial charge in [0.05, 0.1) is 0 Å². The van der Waals surface area contributed by atoms with Gasteiger partial charge >= 0.3 is 0 Å². The Kier molecular flexibility index (Phi) is 5.73. The summed E-state index contributed by atoms with van der Waals surface area (Å²) in [5.74, 6) is 1.15. The molecule has 1 heterocycles. The first-order chi connectivity index (χ1) is 9.24. The molecule has 1 saturated heterocycles. The Morgan fingerprint density at radius 3 is 2.84 bits per heavy atom. The van der Waals surface area contributed by atoms with Crippen LogP contribution in [0.2, 0.25) is 0 Å². The summed E-state index contributed by atoms with van der Waals surface area (Å²) in [5, 5.41) is 4.50. The molecule has 2 rings (SSSR count). The van der Waals surface area contributed by atoms with Crippen molar-refractivity contribution >= 4 is 16.9 Å². The van der Waals surface area contributed by atoms with Crippen LogP contribution in [0.3, 0.4) is 0 Å². The number of nitrogens with one attached hydrogen (secondary N) is 1. The summed E-state index contributed by atoms with van der Waals surface area (Å²) in [6, 6.07) is 11.2. The molecule has 0 amide bonds. The molecule has 0 spiro atoms. The average Bonchev–Trinajstić information content (AvgIpc) is 2.82. The van der Waals surface area contributed by atoms with Gasteiger partial charge in [-0.25, -0.2) is 0 Å². The summed E-state index contributed by atoms with van der Waals surface area (Å²) < 4.78 is 0. The number of thioether (sulfide) groups is 1. The van der Waals surface area contributed by atoms with E-state index in [1.165, 1.54) is 5.56 Å². The molecule has 0 saturated carbocycles. The number of nitrogens with zero attached hydrogens (tertiary/aromatic N) is 2. The lowest BCUT2D eigenvalue weighted by molar-refractivity contribution is 0.324. The van der Waals surface area contributed by atoms with E-state index >= 15 is 0 Å². The number of hydrogen-bond donors (Lipinski definition) is 1. The Morgan fingerprint density at radius 2 is 2.16 bits per heavy atom. The zero-order valence-corrected chi connectivity index (χ0v) is 12.6. The first-order valence-corrected chi connectivity index (χ1v) is 7.89. The Bertz CT molecular complexity index is 405. The lowest BCUT2D eigenvalue weighted by atomic mass is 10.2. The molecule has 0 bridgehead atoms. The third-order valence-electron chi connectivity index (χ3n) is 3.09. The number of amidine groups is 1. The summed E-state index contributed by atoms with van der Waals surface area (Å²) >= 11 is 1.84. The predicted molar refractivity (Wildman–Crippen MR) is 84.8 cm³/mol. The maximum Gasteiger partial charge on any atom is 0.156 e. The van der Waals surface area contributed by atoms with Crippen LogP contribution in [0.1, 0.15) is 18.9 Å². The van der Waals surface area contributed by atoms with Crippen LogP contribution in [0.5, 0.6) is 0 Å². The smallest absolute Gasteiger partial charge is 0.156 e. The van der Waals surface area contributed by atoms with Crippen molar-refractivity contribution in [3.63, 3.8) is 0 Å². The molecule has 1 N–H and O–H groups in total. The van der Waals surface area contributed by atoms with Crippen molar-refractivity contribution < 1.29 is 0 Å². The van der Waals surface area contributed by atoms with E-state index in [1.807, 2.05) is 11.8 Å². The second-order valence-corrected chi connectivity index (χ2v) is 6.13. The largest absolute Gasteiger partial charge is 0.362 e. The maximum absolute atomic E-state index is 4.59. The zero-order chi connectivity index (χ0) is 13.5. The van der Waals surface area contributed by atoms with Gasteiger partial charge in [0.25, 0.3) is 0 Å². The van der Waals surface area contributed by atoms with Gasteiger partial charge in [0, 0.05) is 24.9 Å². The van der Waals surface area contributed by atoms with Crippen LogP contribution in [-0.4, -0.2) is 42.0 Å². The third kappa shape index (κ3) is 5.25. The molecule has 19 heavy (non-hydrogen) atoms. The van der Waals surface area contributed by atoms with E-state index in [-0.39, 0.29) is 0 Å². The fraction of sp³-hybridized carbons (Fsp3) is 0.533. The van der Waals surface area contributed by atoms with Crippen LogP contribution in [0.15, 0.2) is 35.3 Å². The molecule has 1 fully saturated rings. The fourth-order valence-corrected chi connectivity index (χ4v) is 3.04. The van der Waals surface area contributed by atoms with E-state index in [1.54, 1.807) is 0 Å². The zero-order valence-electron chi connectivity index (χ0n) is 11.8. The van der Waals surface area contributed by atoms with Gasteiger partial charge in [-0.3, -0.25) is 4.99 Å². The van der Waals surface area contributed by atoms with Crippen LogP contribution in [-0.2, 0) is 6.54 Å². The molecule has 0 radical (unpaired) electrons. The highest BCUT2D eigenvalue weighted by atomic mass is 32.2. The van der Waals surface area contributed by atoms with E-state index < -0.39 is 0 Å². The van der Waals surface area contributed by atoms with Gasteiger partial charge in [0.1, 0.15) is 0 Å².